The van der Waals surface area contributed by atoms with Gasteiger partial charge in [-0.2, -0.15) is 24.4 Å². The summed E-state index contributed by atoms with van der Waals surface area (Å²) in [5, 5.41) is 26.2. The second kappa shape index (κ2) is 13.7. The normalized spacial score (nSPS) is 16.3. The summed E-state index contributed by atoms with van der Waals surface area (Å²) >= 11 is 5.33. The van der Waals surface area contributed by atoms with Crippen LogP contribution in [0.2, 0.25) is 0 Å². The lowest BCUT2D eigenvalue weighted by molar-refractivity contribution is -0.141. The van der Waals surface area contributed by atoms with Crippen molar-refractivity contribution in [3.63, 3.8) is 0 Å². The van der Waals surface area contributed by atoms with Crippen LogP contribution in [0.25, 0.3) is 0 Å². The molecule has 29 heavy (non-hydrogen) atoms. The van der Waals surface area contributed by atoms with Crippen LogP contribution in [0.1, 0.15) is 27.2 Å². The Hall–Kier alpha value is -1.50. The minimum atomic E-state index is -1.32. The molecule has 0 radical (unpaired) electrons. The standard InChI is InChI=1S/C17H32N4O6S2/c1-8(2)12(18)15(24)21-13(9(3)22)16(25)19-10(5-6-29-4)14(23)20-11(7-28)17(26)27/h8-13,22,28H,5-7,18H2,1-4H3,(H,19,25)(H,20,23)(H,21,24)(H,26,27). The van der Waals surface area contributed by atoms with Crippen molar-refractivity contribution in [2.45, 2.75) is 57.5 Å². The third-order valence-corrected chi connectivity index (χ3v) is 5.13. The van der Waals surface area contributed by atoms with Gasteiger partial charge < -0.3 is 31.9 Å². The van der Waals surface area contributed by atoms with Crippen LogP contribution in [0.4, 0.5) is 0 Å². The number of thiol groups is 1. The summed E-state index contributed by atoms with van der Waals surface area (Å²) in [6.07, 6.45) is 0.798. The molecule has 0 aromatic rings. The van der Waals surface area contributed by atoms with E-state index in [2.05, 4.69) is 28.6 Å². The quantitative estimate of drug-likeness (QED) is 0.167. The van der Waals surface area contributed by atoms with Crippen molar-refractivity contribution in [3.05, 3.63) is 0 Å². The van der Waals surface area contributed by atoms with E-state index in [1.807, 2.05) is 6.26 Å². The second-order valence-electron chi connectivity index (χ2n) is 6.92. The number of amides is 3. The van der Waals surface area contributed by atoms with Gasteiger partial charge in [-0.05, 0) is 31.3 Å². The van der Waals surface area contributed by atoms with Crippen molar-refractivity contribution in [2.75, 3.05) is 17.8 Å². The van der Waals surface area contributed by atoms with Crippen molar-refractivity contribution in [3.8, 4) is 0 Å². The molecule has 0 heterocycles. The molecule has 0 bridgehead atoms. The summed E-state index contributed by atoms with van der Waals surface area (Å²) in [5.41, 5.74) is 5.77. The number of aliphatic carboxylic acids is 1. The number of aliphatic hydroxyl groups is 1. The van der Waals surface area contributed by atoms with Crippen LogP contribution >= 0.6 is 24.4 Å². The first-order chi connectivity index (χ1) is 13.5. The van der Waals surface area contributed by atoms with E-state index in [1.165, 1.54) is 18.7 Å². The zero-order valence-electron chi connectivity index (χ0n) is 17.0. The summed E-state index contributed by atoms with van der Waals surface area (Å²) < 4.78 is 0. The van der Waals surface area contributed by atoms with Crippen molar-refractivity contribution in [1.29, 1.82) is 0 Å². The molecule has 0 saturated heterocycles. The molecule has 168 valence electrons. The Labute approximate surface area is 180 Å². The highest BCUT2D eigenvalue weighted by Gasteiger charge is 2.32. The third-order valence-electron chi connectivity index (χ3n) is 4.12. The topological polar surface area (TPSA) is 171 Å². The largest absolute Gasteiger partial charge is 0.480 e. The Kier molecular flexibility index (Phi) is 13.0. The lowest BCUT2D eigenvalue weighted by Gasteiger charge is -2.26. The van der Waals surface area contributed by atoms with E-state index in [4.69, 9.17) is 10.8 Å². The molecule has 3 amide bonds. The van der Waals surface area contributed by atoms with Crippen molar-refractivity contribution < 1.29 is 29.4 Å². The molecule has 10 nitrogen and oxygen atoms in total. The molecule has 0 aliphatic heterocycles. The number of rotatable bonds is 13. The van der Waals surface area contributed by atoms with Crippen molar-refractivity contribution >= 4 is 48.1 Å². The Bertz CT molecular complexity index is 576. The maximum absolute atomic E-state index is 12.6. The highest BCUT2D eigenvalue weighted by atomic mass is 32.2. The van der Waals surface area contributed by atoms with Gasteiger partial charge >= 0.3 is 5.97 Å². The molecule has 5 atom stereocenters. The molecule has 0 fully saturated rings. The number of hydrogen-bond donors (Lipinski definition) is 7. The number of thioether (sulfide) groups is 1. The Morgan fingerprint density at radius 1 is 1.00 bits per heavy atom. The predicted molar refractivity (Wildman–Crippen MR) is 115 cm³/mol. The van der Waals surface area contributed by atoms with E-state index in [0.29, 0.717) is 5.75 Å². The highest BCUT2D eigenvalue weighted by Crippen LogP contribution is 2.05. The fourth-order valence-corrected chi connectivity index (χ4v) is 2.90. The molecule has 5 unspecified atom stereocenters. The van der Waals surface area contributed by atoms with Gasteiger partial charge in [-0.15, -0.1) is 0 Å². The summed E-state index contributed by atoms with van der Waals surface area (Å²) in [5.74, 6) is -3.11. The molecule has 7 N–H and O–H groups in total. The molecular weight excluding hydrogens is 420 g/mol. The van der Waals surface area contributed by atoms with Crippen LogP contribution in [-0.4, -0.2) is 81.9 Å². The van der Waals surface area contributed by atoms with Gasteiger partial charge in [0.15, 0.2) is 0 Å². The molecule has 0 aliphatic rings. The number of hydrogen-bond acceptors (Lipinski definition) is 8. The SMILES string of the molecule is CSCCC(NC(=O)C(NC(=O)C(N)C(C)C)C(C)O)C(=O)NC(CS)C(=O)O. The smallest absolute Gasteiger partial charge is 0.327 e. The zero-order valence-corrected chi connectivity index (χ0v) is 18.8. The van der Waals surface area contributed by atoms with Gasteiger partial charge in [-0.3, -0.25) is 14.4 Å². The summed E-state index contributed by atoms with van der Waals surface area (Å²) in [6, 6.07) is -4.45. The number of nitrogens with one attached hydrogen (secondary N) is 3. The summed E-state index contributed by atoms with van der Waals surface area (Å²) in [7, 11) is 0. The lowest BCUT2D eigenvalue weighted by Crippen LogP contribution is -2.60. The van der Waals surface area contributed by atoms with Gasteiger partial charge in [0.1, 0.15) is 18.1 Å². The molecule has 0 aromatic heterocycles. The van der Waals surface area contributed by atoms with Crippen LogP contribution in [-0.2, 0) is 19.2 Å². The van der Waals surface area contributed by atoms with Crippen LogP contribution in [0, 0.1) is 5.92 Å². The lowest BCUT2D eigenvalue weighted by atomic mass is 10.0. The van der Waals surface area contributed by atoms with Crippen LogP contribution < -0.4 is 21.7 Å². The van der Waals surface area contributed by atoms with Crippen LogP contribution in [0.15, 0.2) is 0 Å². The van der Waals surface area contributed by atoms with Crippen LogP contribution in [0.3, 0.4) is 0 Å². The Balaban J connectivity index is 5.30. The number of carboxylic acid groups (broad SMARTS) is 1. The number of carbonyl (C=O) groups is 4. The monoisotopic (exact) mass is 452 g/mol. The fourth-order valence-electron chi connectivity index (χ4n) is 2.18. The molecule has 0 aromatic carbocycles. The average Bonchev–Trinajstić information content (AvgIpc) is 2.65. The van der Waals surface area contributed by atoms with E-state index in [9.17, 15) is 24.3 Å². The number of nitrogens with two attached hydrogens (primary N) is 1. The highest BCUT2D eigenvalue weighted by molar-refractivity contribution is 7.98. The van der Waals surface area contributed by atoms with Crippen molar-refractivity contribution in [2.24, 2.45) is 11.7 Å². The first-order valence-electron chi connectivity index (χ1n) is 9.13. The average molecular weight is 453 g/mol. The maximum Gasteiger partial charge on any atom is 0.327 e. The van der Waals surface area contributed by atoms with E-state index in [-0.39, 0.29) is 18.1 Å². The number of aliphatic hydroxyl groups excluding tert-OH is 1. The van der Waals surface area contributed by atoms with Gasteiger partial charge in [-0.1, -0.05) is 13.8 Å². The fraction of sp³-hybridized carbons (Fsp3) is 0.765. The molecule has 0 saturated carbocycles. The predicted octanol–water partition coefficient (Wildman–Crippen LogP) is -1.43. The van der Waals surface area contributed by atoms with Gasteiger partial charge in [0.05, 0.1) is 12.1 Å². The van der Waals surface area contributed by atoms with E-state index in [1.54, 1.807) is 13.8 Å². The molecule has 0 spiro atoms. The zero-order chi connectivity index (χ0) is 22.7. The van der Waals surface area contributed by atoms with Gasteiger partial charge in [0.25, 0.3) is 0 Å². The minimum absolute atomic E-state index is 0.121. The minimum Gasteiger partial charge on any atom is -0.480 e. The number of carboxylic acids is 1. The Morgan fingerprint density at radius 3 is 1.97 bits per heavy atom. The van der Waals surface area contributed by atoms with E-state index < -0.39 is 54.0 Å². The second-order valence-corrected chi connectivity index (χ2v) is 8.27. The van der Waals surface area contributed by atoms with Crippen molar-refractivity contribution in [1.82, 2.24) is 16.0 Å². The molecular formula is C17H32N4O6S2. The molecule has 0 rings (SSSR count). The third kappa shape index (κ3) is 9.70. The maximum atomic E-state index is 12.6. The van der Waals surface area contributed by atoms with Crippen LogP contribution in [0.5, 0.6) is 0 Å². The molecule has 0 aliphatic carbocycles. The molecule has 12 heteroatoms. The summed E-state index contributed by atoms with van der Waals surface area (Å²) in [4.78, 5) is 48.4. The Morgan fingerprint density at radius 2 is 1.55 bits per heavy atom. The number of carbonyl (C=O) groups excluding carboxylic acids is 3. The van der Waals surface area contributed by atoms with Gasteiger partial charge in [-0.25, -0.2) is 4.79 Å². The summed E-state index contributed by atoms with van der Waals surface area (Å²) in [6.45, 7) is 4.80. The first kappa shape index (κ1) is 27.5. The van der Waals surface area contributed by atoms with Gasteiger partial charge in [0, 0.05) is 5.75 Å². The first-order valence-corrected chi connectivity index (χ1v) is 11.2. The van der Waals surface area contributed by atoms with E-state index >= 15 is 0 Å². The van der Waals surface area contributed by atoms with E-state index in [0.717, 1.165) is 0 Å². The van der Waals surface area contributed by atoms with Gasteiger partial charge in [0.2, 0.25) is 17.7 Å².